The normalized spacial score (nSPS) is 24.8. The minimum absolute atomic E-state index is 0.0139. The first-order valence-corrected chi connectivity index (χ1v) is 5.02. The maximum atomic E-state index is 10.1. The lowest BCUT2D eigenvalue weighted by atomic mass is 9.87. The van der Waals surface area contributed by atoms with Crippen molar-refractivity contribution in [2.45, 2.75) is 57.6 Å². The maximum absolute atomic E-state index is 10.1. The van der Waals surface area contributed by atoms with Gasteiger partial charge >= 0.3 is 0 Å². The van der Waals surface area contributed by atoms with Gasteiger partial charge in [-0.1, -0.05) is 26.7 Å². The van der Waals surface area contributed by atoms with Crippen molar-refractivity contribution in [3.8, 4) is 0 Å². The van der Waals surface area contributed by atoms with Crippen LogP contribution in [0, 0.1) is 5.92 Å². The number of rotatable bonds is 3. The van der Waals surface area contributed by atoms with E-state index < -0.39 is 5.60 Å². The summed E-state index contributed by atoms with van der Waals surface area (Å²) >= 11 is 0. The van der Waals surface area contributed by atoms with Crippen molar-refractivity contribution in [2.24, 2.45) is 11.7 Å². The second-order valence-electron chi connectivity index (χ2n) is 4.55. The van der Waals surface area contributed by atoms with Crippen LogP contribution in [0.5, 0.6) is 0 Å². The molecule has 1 atom stereocenters. The van der Waals surface area contributed by atoms with Gasteiger partial charge in [-0.3, -0.25) is 0 Å². The zero-order valence-electron chi connectivity index (χ0n) is 8.21. The molecular formula is C10H21NO. The van der Waals surface area contributed by atoms with Gasteiger partial charge in [0.05, 0.1) is 5.60 Å². The number of hydrogen-bond donors (Lipinski definition) is 2. The number of nitrogens with two attached hydrogens (primary N) is 1. The maximum Gasteiger partial charge on any atom is 0.0798 e. The third-order valence-electron chi connectivity index (χ3n) is 2.88. The van der Waals surface area contributed by atoms with Crippen LogP contribution in [0.3, 0.4) is 0 Å². The van der Waals surface area contributed by atoms with Gasteiger partial charge in [0.25, 0.3) is 0 Å². The second kappa shape index (κ2) is 3.75. The Balaban J connectivity index is 2.44. The first-order valence-electron chi connectivity index (χ1n) is 5.02. The Morgan fingerprint density at radius 3 is 2.25 bits per heavy atom. The van der Waals surface area contributed by atoms with Gasteiger partial charge in [0.2, 0.25) is 0 Å². The molecule has 0 unspecified atom stereocenters. The van der Waals surface area contributed by atoms with Gasteiger partial charge in [-0.25, -0.2) is 0 Å². The van der Waals surface area contributed by atoms with Crippen LogP contribution in [0.1, 0.15) is 46.0 Å². The van der Waals surface area contributed by atoms with Crippen LogP contribution < -0.4 is 5.73 Å². The van der Waals surface area contributed by atoms with Gasteiger partial charge in [0, 0.05) is 6.04 Å². The molecule has 0 saturated heterocycles. The van der Waals surface area contributed by atoms with E-state index in [9.17, 15) is 5.11 Å². The molecule has 1 aliphatic carbocycles. The van der Waals surface area contributed by atoms with Crippen molar-refractivity contribution in [2.75, 3.05) is 0 Å². The fourth-order valence-corrected chi connectivity index (χ4v) is 2.09. The summed E-state index contributed by atoms with van der Waals surface area (Å²) in [4.78, 5) is 0. The highest BCUT2D eigenvalue weighted by atomic mass is 16.3. The highest BCUT2D eigenvalue weighted by molar-refractivity contribution is 4.93. The molecule has 1 saturated carbocycles. The number of hydrogen-bond acceptors (Lipinski definition) is 2. The molecule has 0 aromatic rings. The lowest BCUT2D eigenvalue weighted by molar-refractivity contribution is 0.0146. The highest BCUT2D eigenvalue weighted by Crippen LogP contribution is 2.33. The van der Waals surface area contributed by atoms with Crippen LogP contribution in [0.25, 0.3) is 0 Å². The molecule has 2 heteroatoms. The average Bonchev–Trinajstić information content (AvgIpc) is 2.36. The molecule has 1 rings (SSSR count). The Kier molecular flexibility index (Phi) is 3.13. The fourth-order valence-electron chi connectivity index (χ4n) is 2.09. The van der Waals surface area contributed by atoms with Crippen molar-refractivity contribution in [3.05, 3.63) is 0 Å². The summed E-state index contributed by atoms with van der Waals surface area (Å²) in [5.74, 6) is 0.588. The Hall–Kier alpha value is -0.0800. The molecule has 1 aliphatic rings. The van der Waals surface area contributed by atoms with Gasteiger partial charge in [-0.05, 0) is 25.2 Å². The van der Waals surface area contributed by atoms with Crippen molar-refractivity contribution in [1.29, 1.82) is 0 Å². The van der Waals surface area contributed by atoms with Crippen LogP contribution in [0.2, 0.25) is 0 Å². The molecular weight excluding hydrogens is 150 g/mol. The van der Waals surface area contributed by atoms with E-state index in [2.05, 4.69) is 13.8 Å². The molecule has 0 radical (unpaired) electrons. The molecule has 0 bridgehead atoms. The van der Waals surface area contributed by atoms with E-state index in [1.807, 2.05) is 0 Å². The lowest BCUT2D eigenvalue weighted by Gasteiger charge is -2.30. The van der Waals surface area contributed by atoms with Gasteiger partial charge < -0.3 is 10.8 Å². The SMILES string of the molecule is CC(C)C[C@@H](N)C1(O)CCCC1. The van der Waals surface area contributed by atoms with Crippen LogP contribution in [-0.2, 0) is 0 Å². The van der Waals surface area contributed by atoms with Crippen LogP contribution in [0.15, 0.2) is 0 Å². The predicted molar refractivity (Wildman–Crippen MR) is 50.8 cm³/mol. The first kappa shape index (κ1) is 10.0. The monoisotopic (exact) mass is 171 g/mol. The summed E-state index contributed by atoms with van der Waals surface area (Å²) in [5.41, 5.74) is 5.43. The fraction of sp³-hybridized carbons (Fsp3) is 1.00. The van der Waals surface area contributed by atoms with E-state index in [1.54, 1.807) is 0 Å². The van der Waals surface area contributed by atoms with E-state index in [4.69, 9.17) is 5.73 Å². The summed E-state index contributed by atoms with van der Waals surface area (Å²) < 4.78 is 0. The van der Waals surface area contributed by atoms with Gasteiger partial charge in [0.1, 0.15) is 0 Å². The molecule has 0 heterocycles. The van der Waals surface area contributed by atoms with E-state index in [-0.39, 0.29) is 6.04 Å². The smallest absolute Gasteiger partial charge is 0.0798 e. The Morgan fingerprint density at radius 1 is 1.33 bits per heavy atom. The minimum Gasteiger partial charge on any atom is -0.388 e. The van der Waals surface area contributed by atoms with Crippen LogP contribution >= 0.6 is 0 Å². The quantitative estimate of drug-likeness (QED) is 0.678. The van der Waals surface area contributed by atoms with Crippen molar-refractivity contribution >= 4 is 0 Å². The summed E-state index contributed by atoms with van der Waals surface area (Å²) in [7, 11) is 0. The molecule has 0 aromatic heterocycles. The topological polar surface area (TPSA) is 46.2 Å². The van der Waals surface area contributed by atoms with E-state index in [1.165, 1.54) is 0 Å². The van der Waals surface area contributed by atoms with E-state index in [0.717, 1.165) is 32.1 Å². The summed E-state index contributed by atoms with van der Waals surface area (Å²) in [5, 5.41) is 10.1. The third-order valence-corrected chi connectivity index (χ3v) is 2.88. The largest absolute Gasteiger partial charge is 0.388 e. The third kappa shape index (κ3) is 2.20. The predicted octanol–water partition coefficient (Wildman–Crippen LogP) is 1.66. The van der Waals surface area contributed by atoms with E-state index >= 15 is 0 Å². The molecule has 2 nitrogen and oxygen atoms in total. The first-order chi connectivity index (χ1) is 5.54. The van der Waals surface area contributed by atoms with Crippen molar-refractivity contribution in [1.82, 2.24) is 0 Å². The van der Waals surface area contributed by atoms with Gasteiger partial charge in [-0.2, -0.15) is 0 Å². The molecule has 0 spiro atoms. The zero-order chi connectivity index (χ0) is 9.19. The van der Waals surface area contributed by atoms with Crippen molar-refractivity contribution in [3.63, 3.8) is 0 Å². The minimum atomic E-state index is -0.537. The Morgan fingerprint density at radius 2 is 1.83 bits per heavy atom. The molecule has 0 amide bonds. The van der Waals surface area contributed by atoms with Gasteiger partial charge in [0.15, 0.2) is 0 Å². The van der Waals surface area contributed by atoms with E-state index in [0.29, 0.717) is 5.92 Å². The summed E-state index contributed by atoms with van der Waals surface area (Å²) in [6, 6.07) is -0.0139. The molecule has 12 heavy (non-hydrogen) atoms. The molecule has 3 N–H and O–H groups in total. The average molecular weight is 171 g/mol. The van der Waals surface area contributed by atoms with Crippen LogP contribution in [0.4, 0.5) is 0 Å². The number of aliphatic hydroxyl groups is 1. The standard InChI is InChI=1S/C10H21NO/c1-8(2)7-9(11)10(12)5-3-4-6-10/h8-9,12H,3-7,11H2,1-2H3/t9-/m1/s1. The lowest BCUT2D eigenvalue weighted by Crippen LogP contribution is -2.46. The zero-order valence-corrected chi connectivity index (χ0v) is 8.21. The Bertz CT molecular complexity index is 139. The Labute approximate surface area is 75.2 Å². The summed E-state index contributed by atoms with van der Waals surface area (Å²) in [6.45, 7) is 4.30. The van der Waals surface area contributed by atoms with Crippen LogP contribution in [-0.4, -0.2) is 16.7 Å². The second-order valence-corrected chi connectivity index (χ2v) is 4.55. The molecule has 0 aliphatic heterocycles. The van der Waals surface area contributed by atoms with Crippen molar-refractivity contribution < 1.29 is 5.11 Å². The molecule has 1 fully saturated rings. The summed E-state index contributed by atoms with van der Waals surface area (Å²) in [6.07, 6.45) is 5.03. The van der Waals surface area contributed by atoms with Gasteiger partial charge in [-0.15, -0.1) is 0 Å². The highest BCUT2D eigenvalue weighted by Gasteiger charge is 2.37. The molecule has 72 valence electrons. The molecule has 0 aromatic carbocycles.